The van der Waals surface area contributed by atoms with Gasteiger partial charge in [-0.15, -0.1) is 0 Å². The lowest BCUT2D eigenvalue weighted by Crippen LogP contribution is -2.24. The van der Waals surface area contributed by atoms with E-state index in [1.807, 2.05) is 13.8 Å². The number of carbonyl (C=O) groups excluding carboxylic acids is 1. The first-order valence-corrected chi connectivity index (χ1v) is 6.22. The van der Waals surface area contributed by atoms with E-state index in [9.17, 15) is 4.79 Å². The van der Waals surface area contributed by atoms with Crippen LogP contribution in [-0.4, -0.2) is 12.4 Å². The molecular weight excluding hydrogens is 200 g/mol. The summed E-state index contributed by atoms with van der Waals surface area (Å²) in [7, 11) is 0. The maximum Gasteiger partial charge on any atom is 0.165 e. The summed E-state index contributed by atoms with van der Waals surface area (Å²) in [5.74, 6) is 1.54. The van der Waals surface area contributed by atoms with E-state index in [1.54, 1.807) is 0 Å². The van der Waals surface area contributed by atoms with E-state index in [-0.39, 0.29) is 11.7 Å². The highest BCUT2D eigenvalue weighted by Gasteiger charge is 2.30. The molecular formula is C14H20O2. The third-order valence-corrected chi connectivity index (χ3v) is 3.37. The van der Waals surface area contributed by atoms with Gasteiger partial charge in [-0.2, -0.15) is 0 Å². The van der Waals surface area contributed by atoms with Crippen LogP contribution in [0.4, 0.5) is 0 Å². The van der Waals surface area contributed by atoms with Gasteiger partial charge in [-0.1, -0.05) is 26.8 Å². The van der Waals surface area contributed by atoms with Crippen LogP contribution < -0.4 is 0 Å². The lowest BCUT2D eigenvalue weighted by atomic mass is 9.81. The molecule has 0 aromatic carbocycles. The third-order valence-electron chi connectivity index (χ3n) is 3.37. The van der Waals surface area contributed by atoms with Crippen LogP contribution in [0, 0.1) is 11.8 Å². The Morgan fingerprint density at radius 1 is 1.50 bits per heavy atom. The second-order valence-electron chi connectivity index (χ2n) is 5.08. The summed E-state index contributed by atoms with van der Waals surface area (Å²) in [4.78, 5) is 12.2. The van der Waals surface area contributed by atoms with Crippen molar-refractivity contribution in [3.8, 4) is 0 Å². The van der Waals surface area contributed by atoms with Gasteiger partial charge in [0.2, 0.25) is 0 Å². The summed E-state index contributed by atoms with van der Waals surface area (Å²) < 4.78 is 5.73. The maximum absolute atomic E-state index is 12.2. The highest BCUT2D eigenvalue weighted by molar-refractivity contribution is 5.98. The van der Waals surface area contributed by atoms with Gasteiger partial charge >= 0.3 is 0 Å². The first-order chi connectivity index (χ1) is 7.61. The Morgan fingerprint density at radius 3 is 2.94 bits per heavy atom. The van der Waals surface area contributed by atoms with Crippen LogP contribution in [0.3, 0.4) is 0 Å². The molecule has 0 spiro atoms. The molecule has 0 amide bonds. The molecule has 1 atom stereocenters. The molecule has 1 saturated heterocycles. The smallest absolute Gasteiger partial charge is 0.165 e. The monoisotopic (exact) mass is 220 g/mol. The largest absolute Gasteiger partial charge is 0.493 e. The van der Waals surface area contributed by atoms with E-state index in [1.165, 1.54) is 5.57 Å². The number of hydrogen-bond acceptors (Lipinski definition) is 2. The fourth-order valence-corrected chi connectivity index (χ4v) is 2.41. The zero-order valence-electron chi connectivity index (χ0n) is 10.4. The highest BCUT2D eigenvalue weighted by Crippen LogP contribution is 2.36. The molecule has 2 heteroatoms. The van der Waals surface area contributed by atoms with Crippen molar-refractivity contribution in [3.05, 3.63) is 23.0 Å². The summed E-state index contributed by atoms with van der Waals surface area (Å²) in [6.07, 6.45) is 5.37. The number of ketones is 1. The Bertz CT molecular complexity index is 361. The van der Waals surface area contributed by atoms with Gasteiger partial charge in [0, 0.05) is 11.5 Å². The van der Waals surface area contributed by atoms with E-state index in [4.69, 9.17) is 4.74 Å². The number of carbonyl (C=O) groups is 1. The van der Waals surface area contributed by atoms with Crippen molar-refractivity contribution in [2.75, 3.05) is 6.61 Å². The average molecular weight is 220 g/mol. The van der Waals surface area contributed by atoms with Gasteiger partial charge in [0.15, 0.2) is 5.78 Å². The molecule has 88 valence electrons. The van der Waals surface area contributed by atoms with Crippen LogP contribution in [0.2, 0.25) is 0 Å². The van der Waals surface area contributed by atoms with Crippen molar-refractivity contribution in [2.24, 2.45) is 11.8 Å². The molecule has 0 N–H and O–H groups in total. The molecule has 1 unspecified atom stereocenters. The van der Waals surface area contributed by atoms with Crippen molar-refractivity contribution in [2.45, 2.75) is 40.0 Å². The van der Waals surface area contributed by atoms with E-state index < -0.39 is 0 Å². The number of fused-ring (bicyclic) bond motifs is 1. The molecule has 0 radical (unpaired) electrons. The second-order valence-corrected chi connectivity index (χ2v) is 5.08. The lowest BCUT2D eigenvalue weighted by Gasteiger charge is -2.29. The van der Waals surface area contributed by atoms with Gasteiger partial charge in [0.1, 0.15) is 5.76 Å². The highest BCUT2D eigenvalue weighted by atomic mass is 16.5. The second kappa shape index (κ2) is 4.44. The van der Waals surface area contributed by atoms with E-state index in [0.29, 0.717) is 5.92 Å². The van der Waals surface area contributed by atoms with Crippen LogP contribution >= 0.6 is 0 Å². The first-order valence-electron chi connectivity index (χ1n) is 6.22. The summed E-state index contributed by atoms with van der Waals surface area (Å²) in [5.41, 5.74) is 2.19. The van der Waals surface area contributed by atoms with E-state index in [0.717, 1.165) is 37.2 Å². The third kappa shape index (κ3) is 1.93. The van der Waals surface area contributed by atoms with Crippen molar-refractivity contribution >= 4 is 5.78 Å². The maximum atomic E-state index is 12.2. The van der Waals surface area contributed by atoms with Gasteiger partial charge in [-0.3, -0.25) is 4.79 Å². The molecule has 2 nitrogen and oxygen atoms in total. The Hall–Kier alpha value is -1.05. The minimum Gasteiger partial charge on any atom is -0.493 e. The Labute approximate surface area is 97.4 Å². The molecule has 1 heterocycles. The lowest BCUT2D eigenvalue weighted by molar-refractivity contribution is -0.119. The summed E-state index contributed by atoms with van der Waals surface area (Å²) in [6.45, 7) is 6.80. The summed E-state index contributed by atoms with van der Waals surface area (Å²) in [5, 5.41) is 0. The molecule has 0 aromatic heterocycles. The normalized spacial score (nSPS) is 25.0. The molecule has 1 aliphatic carbocycles. The predicted octanol–water partition coefficient (Wildman–Crippen LogP) is 3.24. The van der Waals surface area contributed by atoms with Crippen LogP contribution in [0.15, 0.2) is 23.0 Å². The van der Waals surface area contributed by atoms with Crippen molar-refractivity contribution in [1.82, 2.24) is 0 Å². The van der Waals surface area contributed by atoms with E-state index in [2.05, 4.69) is 13.0 Å². The summed E-state index contributed by atoms with van der Waals surface area (Å²) >= 11 is 0. The SMILES string of the molecule is CC(C)C(=O)C1=C2OCCCC2=CCC1C. The minimum absolute atomic E-state index is 0.0647. The van der Waals surface area contributed by atoms with Crippen molar-refractivity contribution < 1.29 is 9.53 Å². The van der Waals surface area contributed by atoms with Crippen LogP contribution in [-0.2, 0) is 9.53 Å². The number of hydrogen-bond donors (Lipinski definition) is 0. The molecule has 0 bridgehead atoms. The van der Waals surface area contributed by atoms with Gasteiger partial charge in [-0.25, -0.2) is 0 Å². The Morgan fingerprint density at radius 2 is 2.25 bits per heavy atom. The van der Waals surface area contributed by atoms with Gasteiger partial charge in [-0.05, 0) is 30.8 Å². The fourth-order valence-electron chi connectivity index (χ4n) is 2.41. The number of rotatable bonds is 2. The topological polar surface area (TPSA) is 26.3 Å². The first kappa shape index (κ1) is 11.4. The van der Waals surface area contributed by atoms with Crippen molar-refractivity contribution in [1.29, 1.82) is 0 Å². The van der Waals surface area contributed by atoms with Gasteiger partial charge in [0.05, 0.1) is 6.61 Å². The molecule has 2 rings (SSSR count). The van der Waals surface area contributed by atoms with E-state index >= 15 is 0 Å². The molecule has 0 saturated carbocycles. The Kier molecular flexibility index (Phi) is 3.17. The number of Topliss-reactive ketones (excluding diaryl/α,β-unsaturated/α-hetero) is 1. The number of ether oxygens (including phenoxy) is 1. The van der Waals surface area contributed by atoms with Gasteiger partial charge < -0.3 is 4.74 Å². The fraction of sp³-hybridized carbons (Fsp3) is 0.643. The quantitative estimate of drug-likeness (QED) is 0.714. The van der Waals surface area contributed by atoms with Crippen molar-refractivity contribution in [3.63, 3.8) is 0 Å². The number of allylic oxidation sites excluding steroid dienone is 3. The molecule has 2 aliphatic rings. The average Bonchev–Trinajstić information content (AvgIpc) is 2.28. The van der Waals surface area contributed by atoms with Gasteiger partial charge in [0.25, 0.3) is 0 Å². The summed E-state index contributed by atoms with van der Waals surface area (Å²) in [6, 6.07) is 0. The molecule has 1 aliphatic heterocycles. The molecule has 0 aromatic rings. The van der Waals surface area contributed by atoms with Crippen LogP contribution in [0.25, 0.3) is 0 Å². The minimum atomic E-state index is 0.0647. The van der Waals surface area contributed by atoms with Crippen LogP contribution in [0.1, 0.15) is 40.0 Å². The zero-order valence-corrected chi connectivity index (χ0v) is 10.4. The predicted molar refractivity (Wildman–Crippen MR) is 63.9 cm³/mol. The molecule has 16 heavy (non-hydrogen) atoms. The Balaban J connectivity index is 2.39. The molecule has 1 fully saturated rings. The standard InChI is InChI=1S/C14H20O2/c1-9(2)13(15)12-10(3)6-7-11-5-4-8-16-14(11)12/h7,9-10H,4-6,8H2,1-3H3. The zero-order chi connectivity index (χ0) is 11.7. The van der Waals surface area contributed by atoms with Crippen LogP contribution in [0.5, 0.6) is 0 Å².